The van der Waals surface area contributed by atoms with E-state index in [2.05, 4.69) is 12.2 Å². The van der Waals surface area contributed by atoms with Gasteiger partial charge >= 0.3 is 6.03 Å². The van der Waals surface area contributed by atoms with Crippen LogP contribution in [-0.4, -0.2) is 55.2 Å². The van der Waals surface area contributed by atoms with E-state index in [9.17, 15) is 18.0 Å². The molecule has 1 saturated heterocycles. The molecule has 1 aromatic carbocycles. The van der Waals surface area contributed by atoms with Gasteiger partial charge in [-0.3, -0.25) is 14.7 Å². The maximum absolute atomic E-state index is 13.2. The molecule has 2 heterocycles. The maximum Gasteiger partial charge on any atom is 0.319 e. The SMILES string of the molecule is Cc1cc(N(C(N)=O)C(C)C)cc(C)c1/C=C/S(=O)(=O)N1CCC2(CC1)N=C(C1CCC(C)CC1)NC2=O. The van der Waals surface area contributed by atoms with E-state index in [1.165, 1.54) is 14.6 Å². The highest BCUT2D eigenvalue weighted by atomic mass is 32.2. The van der Waals surface area contributed by atoms with Gasteiger partial charge in [0, 0.05) is 36.1 Å². The number of nitrogens with two attached hydrogens (primary N) is 1. The first-order valence-corrected chi connectivity index (χ1v) is 15.1. The van der Waals surface area contributed by atoms with Crippen LogP contribution in [0.15, 0.2) is 22.5 Å². The minimum Gasteiger partial charge on any atom is -0.351 e. The number of rotatable bonds is 6. The fourth-order valence-corrected chi connectivity index (χ4v) is 7.16. The quantitative estimate of drug-likeness (QED) is 0.561. The molecule has 4 rings (SSSR count). The van der Waals surface area contributed by atoms with Crippen molar-refractivity contribution in [3.8, 4) is 0 Å². The predicted octanol–water partition coefficient (Wildman–Crippen LogP) is 4.09. The van der Waals surface area contributed by atoms with E-state index in [4.69, 9.17) is 10.7 Å². The number of sulfonamides is 1. The molecule has 0 aromatic heterocycles. The van der Waals surface area contributed by atoms with E-state index in [1.54, 1.807) is 6.08 Å². The Balaban J connectivity index is 1.45. The second kappa shape index (κ2) is 10.8. The zero-order valence-electron chi connectivity index (χ0n) is 23.2. The Kier molecular flexibility index (Phi) is 8.04. The number of nitrogens with zero attached hydrogens (tertiary/aromatic N) is 3. The Morgan fingerprint density at radius 1 is 1.16 bits per heavy atom. The van der Waals surface area contributed by atoms with Crippen molar-refractivity contribution in [3.63, 3.8) is 0 Å². The van der Waals surface area contributed by atoms with Crippen molar-refractivity contribution in [3.05, 3.63) is 34.2 Å². The van der Waals surface area contributed by atoms with Crippen molar-refractivity contribution < 1.29 is 18.0 Å². The van der Waals surface area contributed by atoms with Gasteiger partial charge in [-0.15, -0.1) is 0 Å². The average molecular weight is 544 g/mol. The molecule has 0 atom stereocenters. The van der Waals surface area contributed by atoms with Crippen LogP contribution in [0, 0.1) is 25.7 Å². The van der Waals surface area contributed by atoms with E-state index in [1.807, 2.05) is 39.8 Å². The molecule has 1 saturated carbocycles. The number of benzene rings is 1. The normalized spacial score (nSPS) is 24.2. The fraction of sp³-hybridized carbons (Fsp3) is 0.607. The van der Waals surface area contributed by atoms with Crippen LogP contribution in [-0.2, 0) is 14.8 Å². The number of carbonyl (C=O) groups is 2. The Hall–Kier alpha value is -2.72. The lowest BCUT2D eigenvalue weighted by Crippen LogP contribution is -2.50. The van der Waals surface area contributed by atoms with E-state index >= 15 is 0 Å². The van der Waals surface area contributed by atoms with Gasteiger partial charge in [0.15, 0.2) is 0 Å². The Bertz CT molecular complexity index is 1230. The van der Waals surface area contributed by atoms with Crippen molar-refractivity contribution in [2.75, 3.05) is 18.0 Å². The molecule has 3 amide bonds. The number of aliphatic imine (C=N–C) groups is 1. The van der Waals surface area contributed by atoms with Crippen molar-refractivity contribution in [2.45, 2.75) is 84.7 Å². The summed E-state index contributed by atoms with van der Waals surface area (Å²) < 4.78 is 27.8. The van der Waals surface area contributed by atoms with Gasteiger partial charge in [-0.1, -0.05) is 19.8 Å². The number of piperidine rings is 1. The molecule has 0 radical (unpaired) electrons. The Morgan fingerprint density at radius 3 is 2.26 bits per heavy atom. The molecule has 208 valence electrons. The maximum atomic E-state index is 13.2. The lowest BCUT2D eigenvalue weighted by Gasteiger charge is -2.34. The minimum atomic E-state index is -3.68. The molecule has 38 heavy (non-hydrogen) atoms. The monoisotopic (exact) mass is 543 g/mol. The van der Waals surface area contributed by atoms with Gasteiger partial charge in [-0.2, -0.15) is 4.31 Å². The van der Waals surface area contributed by atoms with E-state index in [0.717, 1.165) is 54.1 Å². The number of carbonyl (C=O) groups excluding carboxylic acids is 2. The van der Waals surface area contributed by atoms with Crippen molar-refractivity contribution in [2.24, 2.45) is 22.6 Å². The summed E-state index contributed by atoms with van der Waals surface area (Å²) in [5, 5.41) is 4.27. The summed E-state index contributed by atoms with van der Waals surface area (Å²) in [6, 6.07) is 3.05. The summed E-state index contributed by atoms with van der Waals surface area (Å²) in [4.78, 5) is 31.2. The molecule has 2 fully saturated rings. The molecule has 1 spiro atoms. The first kappa shape index (κ1) is 28.3. The topological polar surface area (TPSA) is 125 Å². The number of hydrogen-bond donors (Lipinski definition) is 2. The van der Waals surface area contributed by atoms with E-state index in [0.29, 0.717) is 24.4 Å². The zero-order chi connectivity index (χ0) is 27.8. The molecule has 1 aliphatic carbocycles. The summed E-state index contributed by atoms with van der Waals surface area (Å²) in [5.74, 6) is 1.74. The molecule has 3 N–H and O–H groups in total. The molecule has 9 nitrogen and oxygen atoms in total. The molecule has 10 heteroatoms. The highest BCUT2D eigenvalue weighted by molar-refractivity contribution is 7.92. The molecule has 2 aliphatic heterocycles. The van der Waals surface area contributed by atoms with Crippen LogP contribution in [0.3, 0.4) is 0 Å². The zero-order valence-corrected chi connectivity index (χ0v) is 24.0. The molecule has 0 bridgehead atoms. The van der Waals surface area contributed by atoms with Gasteiger partial charge in [0.25, 0.3) is 5.91 Å². The molecule has 1 aromatic rings. The number of urea groups is 1. The Labute approximate surface area is 226 Å². The Morgan fingerprint density at radius 2 is 1.74 bits per heavy atom. The van der Waals surface area contributed by atoms with Gasteiger partial charge in [0.1, 0.15) is 11.4 Å². The van der Waals surface area contributed by atoms with Crippen LogP contribution < -0.4 is 16.0 Å². The van der Waals surface area contributed by atoms with Crippen molar-refractivity contribution in [1.29, 1.82) is 0 Å². The van der Waals surface area contributed by atoms with Crippen LogP contribution in [0.25, 0.3) is 6.08 Å². The van der Waals surface area contributed by atoms with Crippen molar-refractivity contribution >= 4 is 39.6 Å². The van der Waals surface area contributed by atoms with Gasteiger partial charge in [0.05, 0.1) is 0 Å². The first-order valence-electron chi connectivity index (χ1n) is 13.6. The van der Waals surface area contributed by atoms with Crippen LogP contribution in [0.5, 0.6) is 0 Å². The summed E-state index contributed by atoms with van der Waals surface area (Å²) in [7, 11) is -3.68. The first-order chi connectivity index (χ1) is 17.8. The number of aryl methyl sites for hydroxylation is 2. The minimum absolute atomic E-state index is 0.0866. The molecule has 3 aliphatic rings. The third kappa shape index (κ3) is 5.66. The third-order valence-electron chi connectivity index (χ3n) is 8.33. The second-order valence-electron chi connectivity index (χ2n) is 11.5. The average Bonchev–Trinajstić information content (AvgIpc) is 3.14. The second-order valence-corrected chi connectivity index (χ2v) is 13.3. The fourth-order valence-electron chi connectivity index (χ4n) is 5.99. The lowest BCUT2D eigenvalue weighted by molar-refractivity contribution is -0.125. The third-order valence-corrected chi connectivity index (χ3v) is 9.89. The number of amides is 3. The van der Waals surface area contributed by atoms with Gasteiger partial charge in [-0.25, -0.2) is 13.2 Å². The van der Waals surface area contributed by atoms with Crippen LogP contribution in [0.4, 0.5) is 10.5 Å². The highest BCUT2D eigenvalue weighted by Gasteiger charge is 2.48. The van der Waals surface area contributed by atoms with Crippen molar-refractivity contribution in [1.82, 2.24) is 9.62 Å². The van der Waals surface area contributed by atoms with Crippen LogP contribution >= 0.6 is 0 Å². The van der Waals surface area contributed by atoms with Crippen LogP contribution in [0.2, 0.25) is 0 Å². The molecular weight excluding hydrogens is 502 g/mol. The molecular formula is C28H41N5O4S. The van der Waals surface area contributed by atoms with Crippen LogP contribution in [0.1, 0.15) is 76.0 Å². The number of anilines is 1. The number of hydrogen-bond acceptors (Lipinski definition) is 5. The standard InChI is InChI=1S/C28H41N5O4S/c1-18(2)33(27(29)35)23-16-20(4)24(21(5)17-23)10-15-38(36,37)32-13-11-28(12-14-32)26(34)30-25(31-28)22-8-6-19(3)7-9-22/h10,15-19,22H,6-9,11-14H2,1-5H3,(H2,29,35)(H,30,31,34)/b15-10+. The lowest BCUT2D eigenvalue weighted by atomic mass is 9.82. The van der Waals surface area contributed by atoms with Gasteiger partial charge in [-0.05, 0) is 94.2 Å². The summed E-state index contributed by atoms with van der Waals surface area (Å²) in [6.07, 6.45) is 6.74. The highest BCUT2D eigenvalue weighted by Crippen LogP contribution is 2.36. The van der Waals surface area contributed by atoms with E-state index in [-0.39, 0.29) is 25.0 Å². The summed E-state index contributed by atoms with van der Waals surface area (Å²) >= 11 is 0. The number of nitrogens with one attached hydrogen (secondary N) is 1. The predicted molar refractivity (Wildman–Crippen MR) is 151 cm³/mol. The number of amidine groups is 1. The summed E-state index contributed by atoms with van der Waals surface area (Å²) in [5.41, 5.74) is 7.87. The van der Waals surface area contributed by atoms with E-state index < -0.39 is 21.6 Å². The number of primary amides is 1. The largest absolute Gasteiger partial charge is 0.351 e. The van der Waals surface area contributed by atoms with Gasteiger partial charge < -0.3 is 11.1 Å². The molecule has 0 unspecified atom stereocenters. The van der Waals surface area contributed by atoms with Gasteiger partial charge in [0.2, 0.25) is 10.0 Å². The smallest absolute Gasteiger partial charge is 0.319 e. The summed E-state index contributed by atoms with van der Waals surface area (Å²) in [6.45, 7) is 10.3.